The summed E-state index contributed by atoms with van der Waals surface area (Å²) in [7, 11) is 1.61. The first-order valence-electron chi connectivity index (χ1n) is 11.1. The van der Waals surface area contributed by atoms with Gasteiger partial charge in [0, 0.05) is 31.5 Å². The van der Waals surface area contributed by atoms with E-state index in [9.17, 15) is 10.1 Å². The third-order valence-corrected chi connectivity index (χ3v) is 5.96. The van der Waals surface area contributed by atoms with E-state index in [2.05, 4.69) is 21.4 Å². The van der Waals surface area contributed by atoms with Gasteiger partial charge in [-0.25, -0.2) is 14.8 Å². The zero-order valence-electron chi connectivity index (χ0n) is 19.8. The first kappa shape index (κ1) is 23.4. The number of nitrogens with one attached hydrogen (secondary N) is 1. The van der Waals surface area contributed by atoms with Crippen molar-refractivity contribution in [2.75, 3.05) is 33.4 Å². The van der Waals surface area contributed by atoms with Gasteiger partial charge in [0.1, 0.15) is 12.2 Å². The van der Waals surface area contributed by atoms with Crippen LogP contribution in [0.5, 0.6) is 5.88 Å². The summed E-state index contributed by atoms with van der Waals surface area (Å²) in [5.74, 6) is 0.351. The van der Waals surface area contributed by atoms with Crippen LogP contribution in [0.15, 0.2) is 42.7 Å². The van der Waals surface area contributed by atoms with Crippen molar-refractivity contribution in [2.45, 2.75) is 31.8 Å². The van der Waals surface area contributed by atoms with Crippen LogP contribution in [0.2, 0.25) is 0 Å². The maximum absolute atomic E-state index is 12.1. The number of benzene rings is 1. The number of carbonyl (C=O) groups is 1. The maximum Gasteiger partial charge on any atom is 0.317 e. The summed E-state index contributed by atoms with van der Waals surface area (Å²) in [6.45, 7) is 7.22. The zero-order valence-corrected chi connectivity index (χ0v) is 19.8. The molecule has 0 aliphatic carbocycles. The Kier molecular flexibility index (Phi) is 6.35. The molecule has 9 nitrogen and oxygen atoms in total. The normalized spacial score (nSPS) is 18.4. The van der Waals surface area contributed by atoms with E-state index in [1.165, 1.54) is 0 Å². The number of urea groups is 1. The Morgan fingerprint density at radius 2 is 2.03 bits per heavy atom. The van der Waals surface area contributed by atoms with Crippen LogP contribution in [0.3, 0.4) is 0 Å². The van der Waals surface area contributed by atoms with Gasteiger partial charge in [-0.15, -0.1) is 0 Å². The van der Waals surface area contributed by atoms with Crippen LogP contribution in [0.25, 0.3) is 22.3 Å². The average Bonchev–Trinajstić information content (AvgIpc) is 2.86. The van der Waals surface area contributed by atoms with E-state index < -0.39 is 11.0 Å². The largest absolute Gasteiger partial charge is 0.473 e. The highest BCUT2D eigenvalue weighted by molar-refractivity contribution is 5.83. The lowest BCUT2D eigenvalue weighted by Crippen LogP contribution is -2.56. The summed E-state index contributed by atoms with van der Waals surface area (Å²) in [5.41, 5.74) is 2.43. The van der Waals surface area contributed by atoms with Crippen LogP contribution < -0.4 is 10.1 Å². The van der Waals surface area contributed by atoms with Crippen LogP contribution >= 0.6 is 0 Å². The number of carbonyl (C=O) groups excluding carboxylic acids is 1. The Labute approximate surface area is 198 Å². The molecule has 1 aliphatic rings. The van der Waals surface area contributed by atoms with Crippen molar-refractivity contribution in [3.05, 3.63) is 48.3 Å². The van der Waals surface area contributed by atoms with E-state index >= 15 is 0 Å². The molecule has 2 amide bonds. The molecule has 4 rings (SSSR count). The summed E-state index contributed by atoms with van der Waals surface area (Å²) in [6.07, 6.45) is 3.22. The van der Waals surface area contributed by atoms with Crippen LogP contribution in [0.4, 0.5) is 4.79 Å². The van der Waals surface area contributed by atoms with Gasteiger partial charge in [0.25, 0.3) is 0 Å². The maximum atomic E-state index is 12.1. The van der Waals surface area contributed by atoms with Gasteiger partial charge in [0.15, 0.2) is 5.52 Å². The number of nitriles is 1. The van der Waals surface area contributed by atoms with Gasteiger partial charge in [-0.05, 0) is 32.4 Å². The standard InChI is InChI=1S/C25H28N6O3/c1-24(2,14-26)18-7-5-17(6-8-18)19-13-20-21(29-10-9-28-20)22(30-19)33-16-25(3)15-31(11-12-34-25)23(32)27-4/h5-10,13H,11-12,15-16H2,1-4H3,(H,27,32)/t25-/m1/s1. The smallest absolute Gasteiger partial charge is 0.317 e. The van der Waals surface area contributed by atoms with E-state index in [1.54, 1.807) is 24.3 Å². The minimum Gasteiger partial charge on any atom is -0.473 e. The molecule has 0 bridgehead atoms. The molecule has 1 saturated heterocycles. The second kappa shape index (κ2) is 9.23. The third kappa shape index (κ3) is 4.77. The SMILES string of the molecule is CNC(=O)N1CCO[C@@](C)(COc2nc(-c3ccc(C(C)(C)C#N)cc3)cc3nccnc23)C1. The molecule has 1 N–H and O–H groups in total. The monoisotopic (exact) mass is 460 g/mol. The number of aromatic nitrogens is 3. The molecule has 0 unspecified atom stereocenters. The molecule has 2 aromatic heterocycles. The van der Waals surface area contributed by atoms with Crippen molar-refractivity contribution >= 4 is 17.1 Å². The van der Waals surface area contributed by atoms with E-state index in [1.807, 2.05) is 51.1 Å². The van der Waals surface area contributed by atoms with Gasteiger partial charge in [-0.3, -0.25) is 4.98 Å². The van der Waals surface area contributed by atoms with Crippen molar-refractivity contribution in [3.8, 4) is 23.2 Å². The number of ether oxygens (including phenoxy) is 2. The Morgan fingerprint density at radius 1 is 1.29 bits per heavy atom. The van der Waals surface area contributed by atoms with Gasteiger partial charge >= 0.3 is 6.03 Å². The van der Waals surface area contributed by atoms with Gasteiger partial charge in [-0.2, -0.15) is 5.26 Å². The summed E-state index contributed by atoms with van der Waals surface area (Å²) < 4.78 is 12.1. The number of fused-ring (bicyclic) bond motifs is 1. The van der Waals surface area contributed by atoms with Crippen LogP contribution in [0.1, 0.15) is 26.3 Å². The highest BCUT2D eigenvalue weighted by Gasteiger charge is 2.35. The molecule has 3 heterocycles. The summed E-state index contributed by atoms with van der Waals surface area (Å²) >= 11 is 0. The molecule has 0 radical (unpaired) electrons. The second-order valence-corrected chi connectivity index (χ2v) is 9.11. The van der Waals surface area contributed by atoms with Gasteiger partial charge < -0.3 is 19.7 Å². The molecule has 1 fully saturated rings. The molecular formula is C25H28N6O3. The van der Waals surface area contributed by atoms with Crippen molar-refractivity contribution in [3.63, 3.8) is 0 Å². The summed E-state index contributed by atoms with van der Waals surface area (Å²) in [6, 6.07) is 11.8. The van der Waals surface area contributed by atoms with Crippen molar-refractivity contribution in [1.82, 2.24) is 25.2 Å². The van der Waals surface area contributed by atoms with E-state index in [0.29, 0.717) is 42.3 Å². The van der Waals surface area contributed by atoms with Crippen LogP contribution in [-0.2, 0) is 10.2 Å². The Morgan fingerprint density at radius 3 is 2.74 bits per heavy atom. The van der Waals surface area contributed by atoms with Gasteiger partial charge in [0.2, 0.25) is 5.88 Å². The fraction of sp³-hybridized carbons (Fsp3) is 0.400. The molecule has 176 valence electrons. The minimum absolute atomic E-state index is 0.144. The van der Waals surface area contributed by atoms with Crippen LogP contribution in [-0.4, -0.2) is 64.8 Å². The highest BCUT2D eigenvalue weighted by Crippen LogP contribution is 2.30. The van der Waals surface area contributed by atoms with E-state index in [4.69, 9.17) is 14.5 Å². The molecule has 1 aromatic carbocycles. The van der Waals surface area contributed by atoms with Crippen molar-refractivity contribution in [1.29, 1.82) is 5.26 Å². The van der Waals surface area contributed by atoms with E-state index in [-0.39, 0.29) is 12.6 Å². The van der Waals surface area contributed by atoms with Crippen molar-refractivity contribution < 1.29 is 14.3 Å². The Hall–Kier alpha value is -3.77. The lowest BCUT2D eigenvalue weighted by atomic mass is 9.86. The quantitative estimate of drug-likeness (QED) is 0.621. The molecule has 0 spiro atoms. The van der Waals surface area contributed by atoms with Gasteiger partial charge in [0.05, 0.1) is 35.8 Å². The molecule has 1 atom stereocenters. The molecule has 9 heteroatoms. The number of nitrogens with zero attached hydrogens (tertiary/aromatic N) is 5. The number of rotatable bonds is 5. The predicted octanol–water partition coefficient (Wildman–Crippen LogP) is 3.30. The number of amides is 2. The second-order valence-electron chi connectivity index (χ2n) is 9.11. The van der Waals surface area contributed by atoms with Crippen LogP contribution in [0, 0.1) is 11.3 Å². The molecule has 0 saturated carbocycles. The fourth-order valence-electron chi connectivity index (χ4n) is 3.88. The Bertz CT molecular complexity index is 1240. The zero-order chi connectivity index (χ0) is 24.3. The topological polar surface area (TPSA) is 113 Å². The fourth-order valence-corrected chi connectivity index (χ4v) is 3.88. The predicted molar refractivity (Wildman–Crippen MR) is 127 cm³/mol. The lowest BCUT2D eigenvalue weighted by molar-refractivity contribution is -0.106. The number of morpholine rings is 1. The Balaban J connectivity index is 1.62. The molecule has 3 aromatic rings. The number of pyridine rings is 1. The third-order valence-electron chi connectivity index (χ3n) is 5.96. The molecule has 34 heavy (non-hydrogen) atoms. The first-order chi connectivity index (χ1) is 16.2. The summed E-state index contributed by atoms with van der Waals surface area (Å²) in [5, 5.41) is 12.1. The lowest BCUT2D eigenvalue weighted by Gasteiger charge is -2.39. The summed E-state index contributed by atoms with van der Waals surface area (Å²) in [4.78, 5) is 27.4. The first-order valence-corrected chi connectivity index (χ1v) is 11.1. The van der Waals surface area contributed by atoms with E-state index in [0.717, 1.165) is 11.1 Å². The number of hydrogen-bond acceptors (Lipinski definition) is 7. The minimum atomic E-state index is -0.693. The van der Waals surface area contributed by atoms with Crippen molar-refractivity contribution in [2.24, 2.45) is 0 Å². The highest BCUT2D eigenvalue weighted by atomic mass is 16.5. The van der Waals surface area contributed by atoms with Gasteiger partial charge in [-0.1, -0.05) is 24.3 Å². The molecular weight excluding hydrogens is 432 g/mol. The molecule has 1 aliphatic heterocycles. The number of hydrogen-bond donors (Lipinski definition) is 1. The average molecular weight is 461 g/mol.